The highest BCUT2D eigenvalue weighted by Crippen LogP contribution is 2.41. The molecule has 0 aliphatic carbocycles. The summed E-state index contributed by atoms with van der Waals surface area (Å²) in [6.07, 6.45) is 2.03. The van der Waals surface area contributed by atoms with Gasteiger partial charge in [-0.1, -0.05) is 32.0 Å². The summed E-state index contributed by atoms with van der Waals surface area (Å²) in [5.41, 5.74) is 4.04. The standard InChI is InChI=1S/C21H23NO4/c1-3-7-20(23)25-18-11-14-13-22-17-10-6-5-9-15(17)16(14)12-19(18)26-21(24)8-4-2/h5-6,9-12,22H,3-4,7-8,13H2,1-2H3. The van der Waals surface area contributed by atoms with E-state index >= 15 is 0 Å². The minimum atomic E-state index is -0.331. The number of carbonyl (C=O) groups excluding carboxylic acids is 2. The smallest absolute Gasteiger partial charge is 0.311 e. The average molecular weight is 353 g/mol. The molecular weight excluding hydrogens is 330 g/mol. The average Bonchev–Trinajstić information content (AvgIpc) is 2.62. The van der Waals surface area contributed by atoms with Gasteiger partial charge >= 0.3 is 11.9 Å². The Morgan fingerprint density at radius 2 is 1.54 bits per heavy atom. The molecule has 0 fully saturated rings. The second-order valence-electron chi connectivity index (χ2n) is 6.30. The van der Waals surface area contributed by atoms with Gasteiger partial charge in [-0.3, -0.25) is 9.59 Å². The minimum Gasteiger partial charge on any atom is -0.423 e. The molecule has 5 nitrogen and oxygen atoms in total. The normalized spacial score (nSPS) is 11.8. The van der Waals surface area contributed by atoms with Crippen LogP contribution in [0.1, 0.15) is 45.1 Å². The zero-order valence-electron chi connectivity index (χ0n) is 15.1. The predicted octanol–water partition coefficient (Wildman–Crippen LogP) is 4.69. The van der Waals surface area contributed by atoms with Crippen LogP contribution in [-0.2, 0) is 16.1 Å². The summed E-state index contributed by atoms with van der Waals surface area (Å²) in [6.45, 7) is 4.45. The summed E-state index contributed by atoms with van der Waals surface area (Å²) in [5.74, 6) is -0.0666. The van der Waals surface area contributed by atoms with Crippen molar-refractivity contribution in [2.24, 2.45) is 0 Å². The van der Waals surface area contributed by atoms with E-state index < -0.39 is 0 Å². The van der Waals surface area contributed by atoms with E-state index in [0.29, 0.717) is 43.7 Å². The molecule has 1 aliphatic heterocycles. The number of hydrogen-bond acceptors (Lipinski definition) is 5. The number of hydrogen-bond donors (Lipinski definition) is 1. The Labute approximate surface area is 153 Å². The maximum atomic E-state index is 12.0. The lowest BCUT2D eigenvalue weighted by Gasteiger charge is -2.23. The zero-order chi connectivity index (χ0) is 18.5. The number of fused-ring (bicyclic) bond motifs is 3. The number of esters is 2. The molecule has 2 aromatic carbocycles. The van der Waals surface area contributed by atoms with E-state index in [1.165, 1.54) is 0 Å². The van der Waals surface area contributed by atoms with Crippen molar-refractivity contribution in [2.45, 2.75) is 46.1 Å². The van der Waals surface area contributed by atoms with Crippen LogP contribution >= 0.6 is 0 Å². The number of anilines is 1. The first-order valence-corrected chi connectivity index (χ1v) is 9.04. The highest BCUT2D eigenvalue weighted by atomic mass is 16.6. The Hall–Kier alpha value is -2.82. The third-order valence-corrected chi connectivity index (χ3v) is 4.21. The second kappa shape index (κ2) is 8.04. The first kappa shape index (κ1) is 18.0. The number of benzene rings is 2. The fourth-order valence-corrected chi connectivity index (χ4v) is 2.98. The maximum absolute atomic E-state index is 12.0. The Balaban J connectivity index is 2.01. The van der Waals surface area contributed by atoms with E-state index in [1.54, 1.807) is 12.1 Å². The second-order valence-corrected chi connectivity index (χ2v) is 6.30. The van der Waals surface area contributed by atoms with Gasteiger partial charge in [-0.25, -0.2) is 0 Å². The first-order chi connectivity index (χ1) is 12.6. The monoisotopic (exact) mass is 353 g/mol. The van der Waals surface area contributed by atoms with Crippen molar-refractivity contribution in [1.29, 1.82) is 0 Å². The summed E-state index contributed by atoms with van der Waals surface area (Å²) in [4.78, 5) is 24.0. The van der Waals surface area contributed by atoms with E-state index in [2.05, 4.69) is 5.32 Å². The van der Waals surface area contributed by atoms with Crippen LogP contribution in [0.3, 0.4) is 0 Å². The summed E-state index contributed by atoms with van der Waals surface area (Å²) >= 11 is 0. The number of para-hydroxylation sites is 1. The summed E-state index contributed by atoms with van der Waals surface area (Å²) in [6, 6.07) is 11.6. The predicted molar refractivity (Wildman–Crippen MR) is 100 cm³/mol. The van der Waals surface area contributed by atoms with Gasteiger partial charge in [0.2, 0.25) is 0 Å². The number of carbonyl (C=O) groups is 2. The molecule has 1 heterocycles. The van der Waals surface area contributed by atoms with Crippen LogP contribution < -0.4 is 14.8 Å². The molecule has 0 saturated carbocycles. The van der Waals surface area contributed by atoms with Crippen LogP contribution in [0.2, 0.25) is 0 Å². The van der Waals surface area contributed by atoms with Gasteiger partial charge in [0.1, 0.15) is 0 Å². The largest absolute Gasteiger partial charge is 0.423 e. The highest BCUT2D eigenvalue weighted by molar-refractivity contribution is 5.86. The van der Waals surface area contributed by atoms with Crippen molar-refractivity contribution in [1.82, 2.24) is 0 Å². The first-order valence-electron chi connectivity index (χ1n) is 9.04. The van der Waals surface area contributed by atoms with Crippen molar-refractivity contribution in [3.63, 3.8) is 0 Å². The Morgan fingerprint density at radius 3 is 2.19 bits per heavy atom. The van der Waals surface area contributed by atoms with Crippen LogP contribution in [0.5, 0.6) is 11.5 Å². The fraction of sp³-hybridized carbons (Fsp3) is 0.333. The van der Waals surface area contributed by atoms with Gasteiger partial charge < -0.3 is 14.8 Å². The molecule has 0 radical (unpaired) electrons. The lowest BCUT2D eigenvalue weighted by molar-refractivity contribution is -0.137. The Morgan fingerprint density at radius 1 is 0.923 bits per heavy atom. The van der Waals surface area contributed by atoms with E-state index in [9.17, 15) is 9.59 Å². The summed E-state index contributed by atoms with van der Waals surface area (Å²) in [5, 5.41) is 3.36. The maximum Gasteiger partial charge on any atom is 0.311 e. The van der Waals surface area contributed by atoms with Crippen molar-refractivity contribution >= 4 is 17.6 Å². The number of rotatable bonds is 6. The third-order valence-electron chi connectivity index (χ3n) is 4.21. The van der Waals surface area contributed by atoms with Gasteiger partial charge in [0, 0.05) is 30.6 Å². The SMILES string of the molecule is CCCC(=O)Oc1cc2c(cc1OC(=O)CCC)-c1ccccc1NC2. The van der Waals surface area contributed by atoms with Gasteiger partial charge in [0.15, 0.2) is 11.5 Å². The van der Waals surface area contributed by atoms with Crippen molar-refractivity contribution in [2.75, 3.05) is 5.32 Å². The number of ether oxygens (including phenoxy) is 2. The summed E-state index contributed by atoms with van der Waals surface area (Å²) < 4.78 is 11.0. The minimum absolute atomic E-state index is 0.295. The van der Waals surface area contributed by atoms with Gasteiger partial charge in [-0.2, -0.15) is 0 Å². The third kappa shape index (κ3) is 3.87. The molecule has 0 saturated heterocycles. The van der Waals surface area contributed by atoms with Gasteiger partial charge in [0.05, 0.1) is 0 Å². The van der Waals surface area contributed by atoms with Crippen molar-refractivity contribution in [3.8, 4) is 22.6 Å². The van der Waals surface area contributed by atoms with Crippen molar-refractivity contribution < 1.29 is 19.1 Å². The molecule has 26 heavy (non-hydrogen) atoms. The summed E-state index contributed by atoms with van der Waals surface area (Å²) in [7, 11) is 0. The molecule has 3 rings (SSSR count). The van der Waals surface area contributed by atoms with Gasteiger partial charge in [-0.15, -0.1) is 0 Å². The quantitative estimate of drug-likeness (QED) is 0.603. The van der Waals surface area contributed by atoms with Crippen LogP contribution in [0.4, 0.5) is 5.69 Å². The molecule has 0 spiro atoms. The molecule has 1 aliphatic rings. The van der Waals surface area contributed by atoms with Crippen molar-refractivity contribution in [3.05, 3.63) is 42.0 Å². The Kier molecular flexibility index (Phi) is 5.56. The van der Waals surface area contributed by atoms with E-state index in [4.69, 9.17) is 9.47 Å². The molecule has 0 amide bonds. The van der Waals surface area contributed by atoms with E-state index in [1.807, 2.05) is 38.1 Å². The van der Waals surface area contributed by atoms with E-state index in [0.717, 1.165) is 22.4 Å². The van der Waals surface area contributed by atoms with Crippen LogP contribution in [0, 0.1) is 0 Å². The van der Waals surface area contributed by atoms with Crippen LogP contribution in [0.25, 0.3) is 11.1 Å². The molecule has 0 aromatic heterocycles. The lowest BCUT2D eigenvalue weighted by Crippen LogP contribution is -2.14. The topological polar surface area (TPSA) is 64.6 Å². The molecule has 0 bridgehead atoms. The highest BCUT2D eigenvalue weighted by Gasteiger charge is 2.21. The molecule has 0 atom stereocenters. The van der Waals surface area contributed by atoms with Crippen LogP contribution in [0.15, 0.2) is 36.4 Å². The molecular formula is C21H23NO4. The fourth-order valence-electron chi connectivity index (χ4n) is 2.98. The molecule has 5 heteroatoms. The molecule has 1 N–H and O–H groups in total. The Bertz CT molecular complexity index is 829. The molecule has 2 aromatic rings. The zero-order valence-corrected chi connectivity index (χ0v) is 15.1. The molecule has 0 unspecified atom stereocenters. The van der Waals surface area contributed by atoms with Gasteiger partial charge in [-0.05, 0) is 42.2 Å². The van der Waals surface area contributed by atoms with E-state index in [-0.39, 0.29) is 11.9 Å². The lowest BCUT2D eigenvalue weighted by atomic mass is 9.94. The number of nitrogens with one attached hydrogen (secondary N) is 1. The van der Waals surface area contributed by atoms with Crippen LogP contribution in [-0.4, -0.2) is 11.9 Å². The molecule has 136 valence electrons. The van der Waals surface area contributed by atoms with Gasteiger partial charge in [0.25, 0.3) is 0 Å².